The fourth-order valence-corrected chi connectivity index (χ4v) is 4.97. The maximum Gasteiger partial charge on any atom is 0.163 e. The van der Waals surface area contributed by atoms with Crippen molar-refractivity contribution in [3.8, 4) is 5.75 Å². The van der Waals surface area contributed by atoms with Gasteiger partial charge < -0.3 is 18.9 Å². The molecule has 0 aliphatic carbocycles. The summed E-state index contributed by atoms with van der Waals surface area (Å²) in [7, 11) is 0.278. The summed E-state index contributed by atoms with van der Waals surface area (Å²) in [6.07, 6.45) is 0. The first-order valence-corrected chi connectivity index (χ1v) is 10.5. The number of benzene rings is 2. The average molecular weight is 363 g/mol. The fraction of sp³-hybridized carbons (Fsp3) is 0.500. The van der Waals surface area contributed by atoms with Crippen molar-refractivity contribution in [3.63, 3.8) is 0 Å². The molecule has 0 bridgehead atoms. The Kier molecular flexibility index (Phi) is 7.42. The van der Waals surface area contributed by atoms with Gasteiger partial charge in [0.05, 0.1) is 33.0 Å². The van der Waals surface area contributed by atoms with Crippen molar-refractivity contribution in [2.24, 2.45) is 0 Å². The molecule has 0 saturated carbocycles. The van der Waals surface area contributed by atoms with Gasteiger partial charge in [-0.15, -0.1) is 0 Å². The molecule has 0 radical (unpaired) electrons. The Morgan fingerprint density at radius 3 is 2.40 bits per heavy atom. The zero-order valence-electron chi connectivity index (χ0n) is 14.9. The Hall–Kier alpha value is -1.27. The molecule has 2 aromatic rings. The first-order valence-electron chi connectivity index (χ1n) is 8.95. The van der Waals surface area contributed by atoms with E-state index in [1.54, 1.807) is 0 Å². The second-order valence-corrected chi connectivity index (χ2v) is 8.02. The maximum absolute atomic E-state index is 5.98. The fourth-order valence-electron chi connectivity index (χ4n) is 2.94. The third kappa shape index (κ3) is 5.11. The van der Waals surface area contributed by atoms with Gasteiger partial charge in [-0.3, -0.25) is 0 Å². The van der Waals surface area contributed by atoms with Crippen LogP contribution in [-0.2, 0) is 25.1 Å². The summed E-state index contributed by atoms with van der Waals surface area (Å²) in [5.74, 6) is 3.18. The molecule has 0 amide bonds. The average Bonchev–Trinajstić information content (AvgIpc) is 2.68. The topological polar surface area (TPSA) is 36.9 Å². The van der Waals surface area contributed by atoms with E-state index in [9.17, 15) is 0 Å². The van der Waals surface area contributed by atoms with Crippen LogP contribution in [0.25, 0.3) is 10.8 Å². The lowest BCUT2D eigenvalue weighted by Crippen LogP contribution is -2.26. The molecule has 1 aliphatic heterocycles. The molecule has 5 heteroatoms. The van der Waals surface area contributed by atoms with Crippen molar-refractivity contribution < 1.29 is 18.9 Å². The first kappa shape index (κ1) is 18.5. The van der Waals surface area contributed by atoms with E-state index in [2.05, 4.69) is 36.4 Å². The van der Waals surface area contributed by atoms with Gasteiger partial charge in [0, 0.05) is 28.3 Å². The van der Waals surface area contributed by atoms with E-state index < -0.39 is 0 Å². The molecule has 4 nitrogen and oxygen atoms in total. The standard InChI is InChI=1S/C20H27O4S/c1-2-21-9-10-22-11-12-24-19-7-8-20(25-15-13-23-14-16-25)18-6-4-3-5-17(18)19/h3-8H,2,9-16H2,1H3/q+1. The van der Waals surface area contributed by atoms with E-state index in [1.165, 1.54) is 15.7 Å². The van der Waals surface area contributed by atoms with Crippen LogP contribution >= 0.6 is 0 Å². The molecule has 0 spiro atoms. The molecule has 1 saturated heterocycles. The summed E-state index contributed by atoms with van der Waals surface area (Å²) in [5, 5.41) is 2.50. The Morgan fingerprint density at radius 2 is 1.60 bits per heavy atom. The van der Waals surface area contributed by atoms with Crippen LogP contribution in [-0.4, -0.2) is 57.8 Å². The minimum absolute atomic E-state index is 0.278. The van der Waals surface area contributed by atoms with Gasteiger partial charge in [0.1, 0.15) is 23.9 Å². The number of fused-ring (bicyclic) bond motifs is 1. The number of ether oxygens (including phenoxy) is 4. The zero-order valence-corrected chi connectivity index (χ0v) is 15.7. The lowest BCUT2D eigenvalue weighted by Gasteiger charge is -2.17. The first-order chi connectivity index (χ1) is 12.4. The Morgan fingerprint density at radius 1 is 0.880 bits per heavy atom. The van der Waals surface area contributed by atoms with Crippen LogP contribution in [0.2, 0.25) is 0 Å². The number of hydrogen-bond acceptors (Lipinski definition) is 4. The van der Waals surface area contributed by atoms with Crippen LogP contribution in [0.5, 0.6) is 5.75 Å². The second kappa shape index (κ2) is 10.0. The van der Waals surface area contributed by atoms with Crippen molar-refractivity contribution in [3.05, 3.63) is 36.4 Å². The molecule has 25 heavy (non-hydrogen) atoms. The zero-order chi connectivity index (χ0) is 17.3. The van der Waals surface area contributed by atoms with Gasteiger partial charge in [-0.1, -0.05) is 18.2 Å². The van der Waals surface area contributed by atoms with Crippen LogP contribution in [0.3, 0.4) is 0 Å². The summed E-state index contributed by atoms with van der Waals surface area (Å²) in [6, 6.07) is 12.9. The van der Waals surface area contributed by atoms with Crippen LogP contribution in [0.4, 0.5) is 0 Å². The SMILES string of the molecule is CCOCCOCCOc1ccc([S+]2CCOCC2)c2ccccc12. The summed E-state index contributed by atoms with van der Waals surface area (Å²) in [6.45, 7) is 6.83. The largest absolute Gasteiger partial charge is 0.491 e. The van der Waals surface area contributed by atoms with Crippen molar-refractivity contribution >= 4 is 21.7 Å². The number of rotatable bonds is 9. The Bertz CT molecular complexity index is 655. The van der Waals surface area contributed by atoms with Gasteiger partial charge in [-0.25, -0.2) is 0 Å². The molecular weight excluding hydrogens is 336 g/mol. The highest BCUT2D eigenvalue weighted by molar-refractivity contribution is 7.97. The highest BCUT2D eigenvalue weighted by Crippen LogP contribution is 2.33. The monoisotopic (exact) mass is 363 g/mol. The van der Waals surface area contributed by atoms with Crippen molar-refractivity contribution in [2.45, 2.75) is 11.8 Å². The second-order valence-electron chi connectivity index (χ2n) is 5.78. The Balaban J connectivity index is 1.64. The van der Waals surface area contributed by atoms with Crippen molar-refractivity contribution in [1.82, 2.24) is 0 Å². The molecule has 1 fully saturated rings. The maximum atomic E-state index is 5.98. The van der Waals surface area contributed by atoms with Crippen LogP contribution in [0.15, 0.2) is 41.3 Å². The number of hydrogen-bond donors (Lipinski definition) is 0. The highest BCUT2D eigenvalue weighted by atomic mass is 32.2. The summed E-state index contributed by atoms with van der Waals surface area (Å²) in [5.41, 5.74) is 0. The third-order valence-electron chi connectivity index (χ3n) is 4.16. The minimum Gasteiger partial charge on any atom is -0.491 e. The van der Waals surface area contributed by atoms with Crippen LogP contribution in [0, 0.1) is 0 Å². The van der Waals surface area contributed by atoms with Crippen molar-refractivity contribution in [1.29, 1.82) is 0 Å². The molecule has 3 rings (SSSR count). The van der Waals surface area contributed by atoms with Gasteiger partial charge in [-0.05, 0) is 25.1 Å². The highest BCUT2D eigenvalue weighted by Gasteiger charge is 2.27. The van der Waals surface area contributed by atoms with Gasteiger partial charge >= 0.3 is 0 Å². The lowest BCUT2D eigenvalue weighted by atomic mass is 10.1. The molecular formula is C20H27O4S+. The molecule has 0 N–H and O–H groups in total. The Labute approximate surface area is 152 Å². The quantitative estimate of drug-likeness (QED) is 0.506. The molecule has 0 atom stereocenters. The van der Waals surface area contributed by atoms with Gasteiger partial charge in [-0.2, -0.15) is 0 Å². The van der Waals surface area contributed by atoms with Gasteiger partial charge in [0.2, 0.25) is 0 Å². The smallest absolute Gasteiger partial charge is 0.163 e. The van der Waals surface area contributed by atoms with E-state index in [4.69, 9.17) is 18.9 Å². The van der Waals surface area contributed by atoms with Crippen LogP contribution in [0.1, 0.15) is 6.92 Å². The van der Waals surface area contributed by atoms with E-state index in [0.717, 1.165) is 37.1 Å². The van der Waals surface area contributed by atoms with E-state index in [-0.39, 0.29) is 10.9 Å². The molecule has 2 aromatic carbocycles. The van der Waals surface area contributed by atoms with E-state index >= 15 is 0 Å². The summed E-state index contributed by atoms with van der Waals surface area (Å²) in [4.78, 5) is 1.44. The van der Waals surface area contributed by atoms with Crippen molar-refractivity contribution in [2.75, 3.05) is 57.8 Å². The van der Waals surface area contributed by atoms with E-state index in [0.29, 0.717) is 26.4 Å². The summed E-state index contributed by atoms with van der Waals surface area (Å²) >= 11 is 0. The summed E-state index contributed by atoms with van der Waals surface area (Å²) < 4.78 is 22.3. The molecule has 0 unspecified atom stereocenters. The van der Waals surface area contributed by atoms with E-state index in [1.807, 2.05) is 6.92 Å². The van der Waals surface area contributed by atoms with Gasteiger partial charge in [0.15, 0.2) is 4.90 Å². The van der Waals surface area contributed by atoms with Crippen LogP contribution < -0.4 is 4.74 Å². The minimum atomic E-state index is 0.278. The predicted octanol–water partition coefficient (Wildman–Crippen LogP) is 3.28. The molecule has 1 aliphatic rings. The molecule has 0 aromatic heterocycles. The van der Waals surface area contributed by atoms with Gasteiger partial charge in [0.25, 0.3) is 0 Å². The normalized spacial score (nSPS) is 15.6. The molecule has 1 heterocycles. The predicted molar refractivity (Wildman–Crippen MR) is 103 cm³/mol. The molecule has 136 valence electrons. The third-order valence-corrected chi connectivity index (χ3v) is 6.46. The lowest BCUT2D eigenvalue weighted by molar-refractivity contribution is 0.0406.